The first kappa shape index (κ1) is 12.3. The monoisotopic (exact) mass is 244 g/mol. The highest BCUT2D eigenvalue weighted by Crippen LogP contribution is 2.40. The molecule has 1 saturated heterocycles. The molecule has 6 nitrogen and oxygen atoms in total. The first-order chi connectivity index (χ1) is 8.02. The van der Waals surface area contributed by atoms with E-state index < -0.39 is 29.7 Å². The lowest BCUT2D eigenvalue weighted by atomic mass is 9.82. The molecule has 0 unspecified atom stereocenters. The van der Waals surface area contributed by atoms with Crippen molar-refractivity contribution in [1.82, 2.24) is 0 Å². The molecule has 17 heavy (non-hydrogen) atoms. The lowest BCUT2D eigenvalue weighted by Gasteiger charge is -2.38. The Balaban J connectivity index is 2.07. The van der Waals surface area contributed by atoms with Crippen LogP contribution in [0.4, 0.5) is 0 Å². The third-order valence-electron chi connectivity index (χ3n) is 3.24. The highest BCUT2D eigenvalue weighted by atomic mass is 16.7. The lowest BCUT2D eigenvalue weighted by Crippen LogP contribution is -2.46. The molecule has 1 aliphatic carbocycles. The Morgan fingerprint density at radius 2 is 2.00 bits per heavy atom. The molecule has 0 aromatic rings. The summed E-state index contributed by atoms with van der Waals surface area (Å²) in [6, 6.07) is 0. The molecule has 2 aliphatic rings. The van der Waals surface area contributed by atoms with E-state index in [1.807, 2.05) is 0 Å². The third-order valence-corrected chi connectivity index (χ3v) is 3.24. The van der Waals surface area contributed by atoms with Crippen LogP contribution in [-0.4, -0.2) is 42.1 Å². The summed E-state index contributed by atoms with van der Waals surface area (Å²) >= 11 is 0. The molecule has 2 atom stereocenters. The Kier molecular flexibility index (Phi) is 3.35. The number of hydrogen-bond donors (Lipinski definition) is 1. The number of carbonyl (C=O) groups excluding carboxylic acids is 1. The Hall–Kier alpha value is -1.14. The summed E-state index contributed by atoms with van der Waals surface area (Å²) in [5, 5.41) is 9.16. The molecule has 0 amide bonds. The van der Waals surface area contributed by atoms with Gasteiger partial charge in [0.15, 0.2) is 5.79 Å². The van der Waals surface area contributed by atoms with Gasteiger partial charge in [0.25, 0.3) is 0 Å². The van der Waals surface area contributed by atoms with Crippen molar-refractivity contribution in [3.63, 3.8) is 0 Å². The van der Waals surface area contributed by atoms with Crippen LogP contribution in [0.25, 0.3) is 0 Å². The van der Waals surface area contributed by atoms with Crippen LogP contribution in [0.1, 0.15) is 26.2 Å². The van der Waals surface area contributed by atoms with E-state index in [9.17, 15) is 9.59 Å². The van der Waals surface area contributed by atoms with E-state index in [2.05, 4.69) is 0 Å². The van der Waals surface area contributed by atoms with Crippen LogP contribution < -0.4 is 0 Å². The maximum absolute atomic E-state index is 11.2. The SMILES string of the molecule is CC(=O)O[C@H]1CCC2(C[C@H]1C(=O)O)OCCO2. The van der Waals surface area contributed by atoms with E-state index in [1.165, 1.54) is 6.92 Å². The van der Waals surface area contributed by atoms with Crippen LogP contribution in [-0.2, 0) is 23.8 Å². The van der Waals surface area contributed by atoms with Crippen molar-refractivity contribution in [3.05, 3.63) is 0 Å². The van der Waals surface area contributed by atoms with Crippen molar-refractivity contribution < 1.29 is 28.9 Å². The molecule has 1 aliphatic heterocycles. The molecule has 2 rings (SSSR count). The predicted octanol–water partition coefficient (Wildman–Crippen LogP) is 0.546. The number of hydrogen-bond acceptors (Lipinski definition) is 5. The minimum absolute atomic E-state index is 0.236. The van der Waals surface area contributed by atoms with E-state index in [4.69, 9.17) is 19.3 Å². The van der Waals surface area contributed by atoms with Gasteiger partial charge in [-0.3, -0.25) is 9.59 Å². The molecular formula is C11H16O6. The zero-order chi connectivity index (χ0) is 12.5. The average Bonchev–Trinajstić information content (AvgIpc) is 2.69. The lowest BCUT2D eigenvalue weighted by molar-refractivity contribution is -0.212. The average molecular weight is 244 g/mol. The normalized spacial score (nSPS) is 31.4. The second-order valence-electron chi connectivity index (χ2n) is 4.44. The summed E-state index contributed by atoms with van der Waals surface area (Å²) < 4.78 is 16.0. The van der Waals surface area contributed by atoms with Gasteiger partial charge >= 0.3 is 11.9 Å². The molecule has 1 heterocycles. The van der Waals surface area contributed by atoms with Crippen molar-refractivity contribution in [2.45, 2.75) is 38.1 Å². The van der Waals surface area contributed by atoms with Crippen LogP contribution in [0, 0.1) is 5.92 Å². The van der Waals surface area contributed by atoms with Gasteiger partial charge in [-0.05, 0) is 6.42 Å². The van der Waals surface area contributed by atoms with Gasteiger partial charge in [-0.2, -0.15) is 0 Å². The van der Waals surface area contributed by atoms with Crippen LogP contribution in [0.5, 0.6) is 0 Å². The topological polar surface area (TPSA) is 82.1 Å². The van der Waals surface area contributed by atoms with Crippen molar-refractivity contribution in [2.24, 2.45) is 5.92 Å². The molecule has 1 N–H and O–H groups in total. The zero-order valence-corrected chi connectivity index (χ0v) is 9.68. The molecule has 0 radical (unpaired) electrons. The van der Waals surface area contributed by atoms with Crippen molar-refractivity contribution in [3.8, 4) is 0 Å². The molecule has 96 valence electrons. The largest absolute Gasteiger partial charge is 0.481 e. The standard InChI is InChI=1S/C11H16O6/c1-7(12)17-9-2-3-11(15-4-5-16-11)6-8(9)10(13)14/h8-9H,2-6H2,1H3,(H,13,14)/t8-,9+/m1/s1. The molecule has 1 saturated carbocycles. The van der Waals surface area contributed by atoms with Crippen molar-refractivity contribution in [2.75, 3.05) is 13.2 Å². The van der Waals surface area contributed by atoms with Gasteiger partial charge in [-0.1, -0.05) is 0 Å². The van der Waals surface area contributed by atoms with Crippen LogP contribution in [0.15, 0.2) is 0 Å². The minimum atomic E-state index is -0.977. The molecular weight excluding hydrogens is 228 g/mol. The number of carboxylic acid groups (broad SMARTS) is 1. The summed E-state index contributed by atoms with van der Waals surface area (Å²) in [6.07, 6.45) is 0.675. The molecule has 0 bridgehead atoms. The van der Waals surface area contributed by atoms with Gasteiger partial charge in [-0.25, -0.2) is 0 Å². The fraction of sp³-hybridized carbons (Fsp3) is 0.818. The second kappa shape index (κ2) is 4.62. The molecule has 0 aromatic heterocycles. The first-order valence-electron chi connectivity index (χ1n) is 5.70. The van der Waals surface area contributed by atoms with E-state index in [0.29, 0.717) is 26.1 Å². The Labute approximate surface area is 98.8 Å². The van der Waals surface area contributed by atoms with E-state index >= 15 is 0 Å². The first-order valence-corrected chi connectivity index (χ1v) is 5.70. The highest BCUT2D eigenvalue weighted by molar-refractivity contribution is 5.72. The minimum Gasteiger partial charge on any atom is -0.481 e. The summed E-state index contributed by atoms with van der Waals surface area (Å²) in [4.78, 5) is 22.1. The Morgan fingerprint density at radius 1 is 1.35 bits per heavy atom. The fourth-order valence-corrected chi connectivity index (χ4v) is 2.49. The van der Waals surface area contributed by atoms with Crippen molar-refractivity contribution in [1.29, 1.82) is 0 Å². The maximum Gasteiger partial charge on any atom is 0.310 e. The van der Waals surface area contributed by atoms with Crippen LogP contribution in [0.3, 0.4) is 0 Å². The van der Waals surface area contributed by atoms with Gasteiger partial charge in [0.05, 0.1) is 19.1 Å². The van der Waals surface area contributed by atoms with Crippen molar-refractivity contribution >= 4 is 11.9 Å². The predicted molar refractivity (Wildman–Crippen MR) is 55.2 cm³/mol. The quantitative estimate of drug-likeness (QED) is 0.714. The zero-order valence-electron chi connectivity index (χ0n) is 9.68. The Morgan fingerprint density at radius 3 is 2.53 bits per heavy atom. The molecule has 1 spiro atoms. The number of carbonyl (C=O) groups is 2. The summed E-state index contributed by atoms with van der Waals surface area (Å²) in [5.74, 6) is -2.97. The van der Waals surface area contributed by atoms with Gasteiger partial charge in [0.1, 0.15) is 6.10 Å². The third kappa shape index (κ3) is 2.58. The fourth-order valence-electron chi connectivity index (χ4n) is 2.49. The number of rotatable bonds is 2. The Bertz CT molecular complexity index is 320. The number of aliphatic carboxylic acids is 1. The van der Waals surface area contributed by atoms with Gasteiger partial charge < -0.3 is 19.3 Å². The summed E-state index contributed by atoms with van der Waals surface area (Å²) in [7, 11) is 0. The molecule has 2 fully saturated rings. The van der Waals surface area contributed by atoms with Gasteiger partial charge in [0.2, 0.25) is 0 Å². The number of ether oxygens (including phenoxy) is 3. The van der Waals surface area contributed by atoms with E-state index in [1.54, 1.807) is 0 Å². The van der Waals surface area contributed by atoms with E-state index in [-0.39, 0.29) is 6.42 Å². The number of carboxylic acids is 1. The number of esters is 1. The smallest absolute Gasteiger partial charge is 0.310 e. The highest BCUT2D eigenvalue weighted by Gasteiger charge is 2.48. The molecule has 0 aromatic carbocycles. The summed E-state index contributed by atoms with van der Waals surface area (Å²) in [5.41, 5.74) is 0. The van der Waals surface area contributed by atoms with Gasteiger partial charge in [-0.15, -0.1) is 0 Å². The van der Waals surface area contributed by atoms with E-state index in [0.717, 1.165) is 0 Å². The van der Waals surface area contributed by atoms with Crippen LogP contribution in [0.2, 0.25) is 0 Å². The van der Waals surface area contributed by atoms with Crippen LogP contribution >= 0.6 is 0 Å². The second-order valence-corrected chi connectivity index (χ2v) is 4.44. The molecule has 6 heteroatoms. The summed E-state index contributed by atoms with van der Waals surface area (Å²) in [6.45, 7) is 2.26. The van der Waals surface area contributed by atoms with Gasteiger partial charge in [0, 0.05) is 19.8 Å². The maximum atomic E-state index is 11.2.